The fourth-order valence-electron chi connectivity index (χ4n) is 4.41. The van der Waals surface area contributed by atoms with Crippen LogP contribution in [0.4, 0.5) is 0 Å². The molecular formula is C25H26ClN3O4. The van der Waals surface area contributed by atoms with Gasteiger partial charge in [-0.15, -0.1) is 0 Å². The molecule has 0 aliphatic heterocycles. The van der Waals surface area contributed by atoms with Gasteiger partial charge in [-0.2, -0.15) is 5.10 Å². The van der Waals surface area contributed by atoms with Crippen molar-refractivity contribution in [1.29, 1.82) is 0 Å². The molecule has 2 N–H and O–H groups in total. The minimum absolute atomic E-state index is 0.119. The predicted octanol–water partition coefficient (Wildman–Crippen LogP) is 5.27. The number of carbonyl (C=O) groups is 2. The van der Waals surface area contributed by atoms with E-state index in [1.54, 1.807) is 48.0 Å². The van der Waals surface area contributed by atoms with Crippen molar-refractivity contribution in [2.45, 2.75) is 45.1 Å². The number of aromatic nitrogens is 2. The number of benzene rings is 2. The maximum atomic E-state index is 13.2. The second kappa shape index (κ2) is 9.67. The van der Waals surface area contributed by atoms with E-state index in [9.17, 15) is 14.7 Å². The Morgan fingerprint density at radius 1 is 1.15 bits per heavy atom. The zero-order chi connectivity index (χ0) is 23.5. The topological polar surface area (TPSA) is 93.5 Å². The Balaban J connectivity index is 1.89. The summed E-state index contributed by atoms with van der Waals surface area (Å²) in [5, 5.41) is 18.0. The van der Waals surface area contributed by atoms with Crippen LogP contribution < -0.4 is 10.1 Å². The third-order valence-electron chi connectivity index (χ3n) is 6.06. The van der Waals surface area contributed by atoms with Crippen LogP contribution in [0.5, 0.6) is 5.75 Å². The number of halogens is 1. The molecule has 7 nitrogen and oxygen atoms in total. The van der Waals surface area contributed by atoms with Crippen LogP contribution in [-0.4, -0.2) is 39.9 Å². The molecular weight excluding hydrogens is 442 g/mol. The molecule has 1 fully saturated rings. The molecule has 1 aliphatic carbocycles. The largest absolute Gasteiger partial charge is 0.494 e. The van der Waals surface area contributed by atoms with Crippen LogP contribution >= 0.6 is 11.6 Å². The van der Waals surface area contributed by atoms with Crippen molar-refractivity contribution in [3.63, 3.8) is 0 Å². The molecule has 4 rings (SSSR count). The van der Waals surface area contributed by atoms with Crippen molar-refractivity contribution in [3.8, 4) is 22.7 Å². The smallest absolute Gasteiger partial charge is 0.336 e. The van der Waals surface area contributed by atoms with Crippen LogP contribution in [0.15, 0.2) is 42.5 Å². The van der Waals surface area contributed by atoms with Gasteiger partial charge in [0.2, 0.25) is 0 Å². The van der Waals surface area contributed by atoms with E-state index in [0.29, 0.717) is 33.3 Å². The zero-order valence-electron chi connectivity index (χ0n) is 18.6. The lowest BCUT2D eigenvalue weighted by molar-refractivity contribution is 0.0697. The second-order valence-corrected chi connectivity index (χ2v) is 8.65. The summed E-state index contributed by atoms with van der Waals surface area (Å²) >= 11 is 6.15. The van der Waals surface area contributed by atoms with Gasteiger partial charge in [0.15, 0.2) is 5.69 Å². The molecule has 0 spiro atoms. The van der Waals surface area contributed by atoms with E-state index in [-0.39, 0.29) is 23.2 Å². The summed E-state index contributed by atoms with van der Waals surface area (Å²) in [6.45, 7) is 1.79. The molecule has 0 bridgehead atoms. The highest BCUT2D eigenvalue weighted by Gasteiger charge is 2.27. The Bertz CT molecular complexity index is 1200. The molecule has 3 aromatic rings. The normalized spacial score (nSPS) is 14.2. The molecule has 0 atom stereocenters. The molecule has 33 heavy (non-hydrogen) atoms. The SMILES string of the molecule is COc1cc(Cl)ccc1-n1nc(C(=O)NC2CCCCC2)c(C)c1-c1ccccc1C(=O)O. The quantitative estimate of drug-likeness (QED) is 0.515. The van der Waals surface area contributed by atoms with Crippen LogP contribution in [0, 0.1) is 6.92 Å². The number of carboxylic acids is 1. The minimum Gasteiger partial charge on any atom is -0.494 e. The number of carbonyl (C=O) groups excluding carboxylic acids is 1. The van der Waals surface area contributed by atoms with Gasteiger partial charge in [-0.05, 0) is 38.0 Å². The molecule has 1 saturated carbocycles. The molecule has 0 radical (unpaired) electrons. The average molecular weight is 468 g/mol. The number of carboxylic acid groups (broad SMARTS) is 1. The van der Waals surface area contributed by atoms with Crippen LogP contribution in [0.3, 0.4) is 0 Å². The van der Waals surface area contributed by atoms with Crippen molar-refractivity contribution in [2.24, 2.45) is 0 Å². The summed E-state index contributed by atoms with van der Waals surface area (Å²) in [7, 11) is 1.52. The number of ether oxygens (including phenoxy) is 1. The van der Waals surface area contributed by atoms with Crippen LogP contribution in [-0.2, 0) is 0 Å². The Labute approximate surface area is 197 Å². The fourth-order valence-corrected chi connectivity index (χ4v) is 4.57. The van der Waals surface area contributed by atoms with Gasteiger partial charge in [0.1, 0.15) is 11.4 Å². The Morgan fingerprint density at radius 2 is 1.88 bits per heavy atom. The number of nitrogens with zero attached hydrogens (tertiary/aromatic N) is 2. The lowest BCUT2D eigenvalue weighted by Crippen LogP contribution is -2.36. The van der Waals surface area contributed by atoms with Crippen LogP contribution in [0.1, 0.15) is 58.5 Å². The van der Waals surface area contributed by atoms with Gasteiger partial charge in [0.05, 0.1) is 18.4 Å². The second-order valence-electron chi connectivity index (χ2n) is 8.21. The van der Waals surface area contributed by atoms with Crippen molar-refractivity contribution in [2.75, 3.05) is 7.11 Å². The maximum Gasteiger partial charge on any atom is 0.336 e. The summed E-state index contributed by atoms with van der Waals surface area (Å²) < 4.78 is 7.09. The molecule has 1 aromatic heterocycles. The first kappa shape index (κ1) is 22.9. The first-order valence-electron chi connectivity index (χ1n) is 11.0. The highest BCUT2D eigenvalue weighted by Crippen LogP contribution is 2.35. The number of rotatable bonds is 6. The third kappa shape index (κ3) is 4.59. The van der Waals surface area contributed by atoms with Gasteiger partial charge in [-0.1, -0.05) is 49.1 Å². The number of hydrogen-bond acceptors (Lipinski definition) is 4. The average Bonchev–Trinajstić information content (AvgIpc) is 3.16. The Morgan fingerprint density at radius 3 is 2.58 bits per heavy atom. The van der Waals surface area contributed by atoms with Crippen LogP contribution in [0.2, 0.25) is 5.02 Å². The lowest BCUT2D eigenvalue weighted by Gasteiger charge is -2.22. The zero-order valence-corrected chi connectivity index (χ0v) is 19.4. The Kier molecular flexibility index (Phi) is 6.70. The molecule has 172 valence electrons. The Hall–Kier alpha value is -3.32. The van der Waals surface area contributed by atoms with E-state index in [2.05, 4.69) is 10.4 Å². The number of methoxy groups -OCH3 is 1. The van der Waals surface area contributed by atoms with Gasteiger partial charge in [0, 0.05) is 28.3 Å². The predicted molar refractivity (Wildman–Crippen MR) is 127 cm³/mol. The summed E-state index contributed by atoms with van der Waals surface area (Å²) in [6, 6.07) is 11.9. The molecule has 0 unspecified atom stereocenters. The lowest BCUT2D eigenvalue weighted by atomic mass is 9.95. The van der Waals surface area contributed by atoms with Crippen molar-refractivity contribution >= 4 is 23.5 Å². The van der Waals surface area contributed by atoms with Gasteiger partial charge in [0.25, 0.3) is 5.91 Å². The number of amides is 1. The van der Waals surface area contributed by atoms with E-state index in [4.69, 9.17) is 16.3 Å². The van der Waals surface area contributed by atoms with E-state index < -0.39 is 5.97 Å². The van der Waals surface area contributed by atoms with Gasteiger partial charge in [-0.3, -0.25) is 4.79 Å². The minimum atomic E-state index is -1.06. The first-order chi connectivity index (χ1) is 15.9. The first-order valence-corrected chi connectivity index (χ1v) is 11.4. The highest BCUT2D eigenvalue weighted by atomic mass is 35.5. The molecule has 2 aromatic carbocycles. The fraction of sp³-hybridized carbons (Fsp3) is 0.320. The summed E-state index contributed by atoms with van der Waals surface area (Å²) in [4.78, 5) is 25.2. The standard InChI is InChI=1S/C25H26ClN3O4/c1-15-22(24(30)27-17-8-4-3-5-9-17)28-29(20-13-12-16(26)14-21(20)33-2)23(15)18-10-6-7-11-19(18)25(31)32/h6-7,10-14,17H,3-5,8-9H2,1-2H3,(H,27,30)(H,31,32). The summed E-state index contributed by atoms with van der Waals surface area (Å²) in [6.07, 6.45) is 5.28. The van der Waals surface area contributed by atoms with Gasteiger partial charge < -0.3 is 15.2 Å². The van der Waals surface area contributed by atoms with E-state index in [1.165, 1.54) is 19.6 Å². The maximum absolute atomic E-state index is 13.2. The van der Waals surface area contributed by atoms with E-state index in [1.807, 2.05) is 0 Å². The number of aromatic carboxylic acids is 1. The van der Waals surface area contributed by atoms with Gasteiger partial charge in [-0.25, -0.2) is 9.48 Å². The summed E-state index contributed by atoms with van der Waals surface area (Å²) in [5.74, 6) is -0.868. The third-order valence-corrected chi connectivity index (χ3v) is 6.30. The monoisotopic (exact) mass is 467 g/mol. The summed E-state index contributed by atoms with van der Waals surface area (Å²) in [5.41, 5.74) is 2.50. The molecule has 1 aliphatic rings. The van der Waals surface area contributed by atoms with Crippen molar-refractivity contribution in [3.05, 3.63) is 64.3 Å². The van der Waals surface area contributed by atoms with Crippen molar-refractivity contribution < 1.29 is 19.4 Å². The molecule has 0 saturated heterocycles. The van der Waals surface area contributed by atoms with E-state index >= 15 is 0 Å². The van der Waals surface area contributed by atoms with Crippen molar-refractivity contribution in [1.82, 2.24) is 15.1 Å². The van der Waals surface area contributed by atoms with E-state index in [0.717, 1.165) is 25.7 Å². The highest BCUT2D eigenvalue weighted by molar-refractivity contribution is 6.30. The molecule has 1 heterocycles. The molecule has 8 heteroatoms. The number of nitrogens with one attached hydrogen (secondary N) is 1. The van der Waals surface area contributed by atoms with Gasteiger partial charge >= 0.3 is 5.97 Å². The van der Waals surface area contributed by atoms with Crippen LogP contribution in [0.25, 0.3) is 16.9 Å². The number of hydrogen-bond donors (Lipinski definition) is 2. The molecule has 1 amide bonds.